The van der Waals surface area contributed by atoms with Gasteiger partial charge in [0.2, 0.25) is 0 Å². The number of piperidine rings is 1. The van der Waals surface area contributed by atoms with E-state index in [1.807, 2.05) is 0 Å². The van der Waals surface area contributed by atoms with Crippen molar-refractivity contribution >= 4 is 12.0 Å². The number of rotatable bonds is 9. The zero-order valence-electron chi connectivity index (χ0n) is 13.1. The molecule has 1 heterocycles. The van der Waals surface area contributed by atoms with E-state index in [1.165, 1.54) is 25.8 Å². The van der Waals surface area contributed by atoms with E-state index in [2.05, 4.69) is 22.5 Å². The third-order valence-corrected chi connectivity index (χ3v) is 3.95. The number of aliphatic carboxylic acids is 1. The number of hydrogen-bond acceptors (Lipinski definition) is 3. The number of carboxylic acid groups (broad SMARTS) is 1. The quantitative estimate of drug-likeness (QED) is 0.567. The lowest BCUT2D eigenvalue weighted by atomic mass is 10.0. The number of nitrogens with zero attached hydrogens (tertiary/aromatic N) is 1. The largest absolute Gasteiger partial charge is 0.481 e. The maximum Gasteiger partial charge on any atom is 0.314 e. The first-order valence-electron chi connectivity index (χ1n) is 8.07. The molecule has 1 aliphatic rings. The van der Waals surface area contributed by atoms with Crippen LogP contribution in [-0.2, 0) is 4.79 Å². The minimum atomic E-state index is -0.786. The van der Waals surface area contributed by atoms with Crippen molar-refractivity contribution in [3.63, 3.8) is 0 Å². The molecular formula is C15H29N3O3. The fraction of sp³-hybridized carbons (Fsp3) is 0.867. The van der Waals surface area contributed by atoms with Crippen molar-refractivity contribution in [2.24, 2.45) is 0 Å². The number of carbonyl (C=O) groups excluding carboxylic acids is 1. The molecule has 0 spiro atoms. The van der Waals surface area contributed by atoms with E-state index < -0.39 is 5.97 Å². The van der Waals surface area contributed by atoms with Gasteiger partial charge in [-0.25, -0.2) is 4.79 Å². The predicted octanol–water partition coefficient (Wildman–Crippen LogP) is 1.80. The SMILES string of the molecule is CC1CCCCN1CCCNC(=O)NCCCCC(=O)O. The monoisotopic (exact) mass is 299 g/mol. The maximum absolute atomic E-state index is 11.5. The molecule has 1 atom stereocenters. The second kappa shape index (κ2) is 10.4. The Morgan fingerprint density at radius 3 is 2.52 bits per heavy atom. The van der Waals surface area contributed by atoms with E-state index >= 15 is 0 Å². The molecule has 1 aliphatic heterocycles. The zero-order chi connectivity index (χ0) is 15.5. The molecule has 0 aromatic carbocycles. The first-order valence-corrected chi connectivity index (χ1v) is 8.07. The summed E-state index contributed by atoms with van der Waals surface area (Å²) < 4.78 is 0. The summed E-state index contributed by atoms with van der Waals surface area (Å²) in [6, 6.07) is 0.513. The highest BCUT2D eigenvalue weighted by molar-refractivity contribution is 5.73. The van der Waals surface area contributed by atoms with Gasteiger partial charge in [-0.05, 0) is 45.6 Å². The Hall–Kier alpha value is -1.30. The first-order chi connectivity index (χ1) is 10.1. The molecule has 1 saturated heterocycles. The molecule has 2 amide bonds. The van der Waals surface area contributed by atoms with Gasteiger partial charge in [-0.2, -0.15) is 0 Å². The highest BCUT2D eigenvalue weighted by Crippen LogP contribution is 2.15. The number of urea groups is 1. The van der Waals surface area contributed by atoms with Crippen LogP contribution in [0.25, 0.3) is 0 Å². The van der Waals surface area contributed by atoms with Crippen LogP contribution in [0.4, 0.5) is 4.79 Å². The molecule has 0 radical (unpaired) electrons. The Kier molecular flexibility index (Phi) is 8.82. The van der Waals surface area contributed by atoms with Gasteiger partial charge in [0.15, 0.2) is 0 Å². The molecule has 0 aromatic rings. The standard InChI is InChI=1S/C15H29N3O3/c1-13-7-3-5-11-18(13)12-6-10-17-15(21)16-9-4-2-8-14(19)20/h13H,2-12H2,1H3,(H,19,20)(H2,16,17,21). The average molecular weight is 299 g/mol. The highest BCUT2D eigenvalue weighted by atomic mass is 16.4. The summed E-state index contributed by atoms with van der Waals surface area (Å²) in [7, 11) is 0. The van der Waals surface area contributed by atoms with Gasteiger partial charge < -0.3 is 20.6 Å². The third kappa shape index (κ3) is 8.55. The molecule has 6 nitrogen and oxygen atoms in total. The Morgan fingerprint density at radius 1 is 1.14 bits per heavy atom. The van der Waals surface area contributed by atoms with Crippen molar-refractivity contribution in [3.05, 3.63) is 0 Å². The predicted molar refractivity (Wildman–Crippen MR) is 82.4 cm³/mol. The van der Waals surface area contributed by atoms with Gasteiger partial charge in [-0.15, -0.1) is 0 Å². The molecule has 6 heteroatoms. The van der Waals surface area contributed by atoms with Crippen LogP contribution in [0.3, 0.4) is 0 Å². The van der Waals surface area contributed by atoms with Crippen molar-refractivity contribution in [1.82, 2.24) is 15.5 Å². The van der Waals surface area contributed by atoms with Gasteiger partial charge in [-0.1, -0.05) is 6.42 Å². The summed E-state index contributed by atoms with van der Waals surface area (Å²) in [6.07, 6.45) is 6.33. The maximum atomic E-state index is 11.5. The molecule has 0 bridgehead atoms. The van der Waals surface area contributed by atoms with Crippen molar-refractivity contribution < 1.29 is 14.7 Å². The van der Waals surface area contributed by atoms with Gasteiger partial charge >= 0.3 is 12.0 Å². The minimum Gasteiger partial charge on any atom is -0.481 e. The highest BCUT2D eigenvalue weighted by Gasteiger charge is 2.17. The van der Waals surface area contributed by atoms with Crippen molar-refractivity contribution in [2.75, 3.05) is 26.2 Å². The van der Waals surface area contributed by atoms with Crippen molar-refractivity contribution in [2.45, 2.75) is 57.9 Å². The van der Waals surface area contributed by atoms with Crippen LogP contribution >= 0.6 is 0 Å². The summed E-state index contributed by atoms with van der Waals surface area (Å²) in [5, 5.41) is 14.1. The lowest BCUT2D eigenvalue weighted by Crippen LogP contribution is -2.40. The van der Waals surface area contributed by atoms with E-state index in [9.17, 15) is 9.59 Å². The van der Waals surface area contributed by atoms with Gasteiger partial charge in [0.05, 0.1) is 0 Å². The smallest absolute Gasteiger partial charge is 0.314 e. The van der Waals surface area contributed by atoms with Crippen LogP contribution in [-0.4, -0.2) is 54.2 Å². The van der Waals surface area contributed by atoms with Crippen molar-refractivity contribution in [3.8, 4) is 0 Å². The van der Waals surface area contributed by atoms with Gasteiger partial charge in [0.1, 0.15) is 0 Å². The van der Waals surface area contributed by atoms with E-state index in [0.717, 1.165) is 13.0 Å². The third-order valence-electron chi connectivity index (χ3n) is 3.95. The number of unbranched alkanes of at least 4 members (excludes halogenated alkanes) is 1. The normalized spacial score (nSPS) is 19.2. The van der Waals surface area contributed by atoms with Crippen LogP contribution in [0.1, 0.15) is 51.9 Å². The van der Waals surface area contributed by atoms with E-state index in [-0.39, 0.29) is 12.5 Å². The molecule has 21 heavy (non-hydrogen) atoms. The number of carbonyl (C=O) groups is 2. The Balaban J connectivity index is 1.94. The summed E-state index contributed by atoms with van der Waals surface area (Å²) in [5.41, 5.74) is 0. The molecule has 0 saturated carbocycles. The molecule has 1 fully saturated rings. The van der Waals surface area contributed by atoms with Crippen LogP contribution in [0, 0.1) is 0 Å². The molecule has 1 rings (SSSR count). The van der Waals surface area contributed by atoms with E-state index in [4.69, 9.17) is 5.11 Å². The summed E-state index contributed by atoms with van der Waals surface area (Å²) in [5.74, 6) is -0.786. The average Bonchev–Trinajstić information content (AvgIpc) is 2.44. The number of nitrogens with one attached hydrogen (secondary N) is 2. The molecule has 0 aliphatic carbocycles. The molecule has 1 unspecified atom stereocenters. The second-order valence-electron chi connectivity index (χ2n) is 5.77. The van der Waals surface area contributed by atoms with Crippen LogP contribution in [0.5, 0.6) is 0 Å². The Labute approximate surface area is 127 Å². The van der Waals surface area contributed by atoms with Crippen LogP contribution in [0.15, 0.2) is 0 Å². The Morgan fingerprint density at radius 2 is 1.86 bits per heavy atom. The lowest BCUT2D eigenvalue weighted by Gasteiger charge is -2.33. The molecule has 3 N–H and O–H groups in total. The van der Waals surface area contributed by atoms with E-state index in [0.29, 0.717) is 32.0 Å². The topological polar surface area (TPSA) is 81.7 Å². The summed E-state index contributed by atoms with van der Waals surface area (Å²) in [6.45, 7) is 5.71. The second-order valence-corrected chi connectivity index (χ2v) is 5.77. The number of hydrogen-bond donors (Lipinski definition) is 3. The molecular weight excluding hydrogens is 270 g/mol. The van der Waals surface area contributed by atoms with Gasteiger partial charge in [-0.3, -0.25) is 4.79 Å². The minimum absolute atomic E-state index is 0.156. The van der Waals surface area contributed by atoms with Gasteiger partial charge in [0, 0.05) is 32.1 Å². The summed E-state index contributed by atoms with van der Waals surface area (Å²) >= 11 is 0. The first kappa shape index (κ1) is 17.8. The number of carboxylic acids is 1. The van der Waals surface area contributed by atoms with Crippen LogP contribution in [0.2, 0.25) is 0 Å². The fourth-order valence-electron chi connectivity index (χ4n) is 2.64. The van der Waals surface area contributed by atoms with Crippen LogP contribution < -0.4 is 10.6 Å². The van der Waals surface area contributed by atoms with E-state index in [1.54, 1.807) is 0 Å². The fourth-order valence-corrected chi connectivity index (χ4v) is 2.64. The summed E-state index contributed by atoms with van der Waals surface area (Å²) in [4.78, 5) is 24.3. The Bertz CT molecular complexity index is 323. The van der Waals surface area contributed by atoms with Gasteiger partial charge in [0.25, 0.3) is 0 Å². The molecule has 122 valence electrons. The lowest BCUT2D eigenvalue weighted by molar-refractivity contribution is -0.137. The molecule has 0 aromatic heterocycles. The van der Waals surface area contributed by atoms with Crippen molar-refractivity contribution in [1.29, 1.82) is 0 Å². The number of likely N-dealkylation sites (tertiary alicyclic amines) is 1. The number of amides is 2. The zero-order valence-corrected chi connectivity index (χ0v) is 13.1.